The molecule has 0 unspecified atom stereocenters. The van der Waals surface area contributed by atoms with Crippen LogP contribution in [0, 0.1) is 11.6 Å². The minimum absolute atomic E-state index is 0.0855. The number of amides is 1. The van der Waals surface area contributed by atoms with E-state index in [2.05, 4.69) is 16.7 Å². The highest BCUT2D eigenvalue weighted by Crippen LogP contribution is 2.21. The van der Waals surface area contributed by atoms with E-state index >= 15 is 0 Å². The van der Waals surface area contributed by atoms with E-state index < -0.39 is 23.6 Å². The van der Waals surface area contributed by atoms with Crippen molar-refractivity contribution in [3.05, 3.63) is 77.9 Å². The Kier molecular flexibility index (Phi) is 5.28. The van der Waals surface area contributed by atoms with E-state index in [0.717, 1.165) is 34.5 Å². The van der Waals surface area contributed by atoms with E-state index in [4.69, 9.17) is 0 Å². The Morgan fingerprint density at radius 3 is 2.42 bits per heavy atom. The summed E-state index contributed by atoms with van der Waals surface area (Å²) in [6.07, 6.45) is 0. The second kappa shape index (κ2) is 7.62. The normalized spacial score (nSPS) is 13.4. The molecule has 0 radical (unpaired) electrons. The van der Waals surface area contributed by atoms with Gasteiger partial charge in [-0.2, -0.15) is 0 Å². The molecule has 0 bridgehead atoms. The van der Waals surface area contributed by atoms with Gasteiger partial charge in [-0.15, -0.1) is 0 Å². The van der Waals surface area contributed by atoms with Gasteiger partial charge in [0.1, 0.15) is 11.6 Å². The number of fused-ring (bicyclic) bond motifs is 1. The van der Waals surface area contributed by atoms with Crippen LogP contribution in [0.15, 0.2) is 60.7 Å². The maximum absolute atomic E-state index is 13.7. The number of rotatable bonds is 5. The zero-order valence-corrected chi connectivity index (χ0v) is 14.6. The van der Waals surface area contributed by atoms with Crippen LogP contribution < -0.4 is 10.6 Å². The molecular weight excluding hydrogens is 334 g/mol. The number of halogens is 2. The third-order valence-corrected chi connectivity index (χ3v) is 4.35. The molecule has 0 spiro atoms. The van der Waals surface area contributed by atoms with Crippen molar-refractivity contribution >= 4 is 22.4 Å². The lowest BCUT2D eigenvalue weighted by atomic mass is 10.0. The molecule has 2 atom stereocenters. The van der Waals surface area contributed by atoms with Crippen LogP contribution >= 0.6 is 0 Å². The minimum atomic E-state index is -0.672. The molecule has 0 aliphatic rings. The van der Waals surface area contributed by atoms with Crippen molar-refractivity contribution in [2.75, 3.05) is 5.32 Å². The Morgan fingerprint density at radius 2 is 1.65 bits per heavy atom. The molecule has 3 aromatic rings. The van der Waals surface area contributed by atoms with Gasteiger partial charge < -0.3 is 5.32 Å². The van der Waals surface area contributed by atoms with Gasteiger partial charge in [-0.25, -0.2) is 8.78 Å². The van der Waals surface area contributed by atoms with Crippen molar-refractivity contribution in [3.63, 3.8) is 0 Å². The van der Waals surface area contributed by atoms with Crippen LogP contribution in [0.25, 0.3) is 10.8 Å². The molecule has 2 N–H and O–H groups in total. The van der Waals surface area contributed by atoms with Gasteiger partial charge in [0.2, 0.25) is 5.91 Å². The summed E-state index contributed by atoms with van der Waals surface area (Å²) in [7, 11) is 0. The molecule has 0 saturated heterocycles. The van der Waals surface area contributed by atoms with Crippen LogP contribution in [0.4, 0.5) is 14.5 Å². The topological polar surface area (TPSA) is 41.1 Å². The monoisotopic (exact) mass is 354 g/mol. The van der Waals surface area contributed by atoms with Crippen molar-refractivity contribution in [2.45, 2.75) is 25.9 Å². The van der Waals surface area contributed by atoms with E-state index in [1.54, 1.807) is 6.92 Å². The summed E-state index contributed by atoms with van der Waals surface area (Å²) in [5, 5.41) is 7.88. The first-order valence-corrected chi connectivity index (χ1v) is 8.44. The number of nitrogens with one attached hydrogen (secondary N) is 2. The molecule has 134 valence electrons. The largest absolute Gasteiger partial charge is 0.322 e. The number of carbonyl (C=O) groups excluding carboxylic acids is 1. The summed E-state index contributed by atoms with van der Waals surface area (Å²) < 4.78 is 26.9. The standard InChI is InChI=1S/C21H20F2N2O/c1-13(16-8-7-15-5-3-4-6-17(15)11-16)24-14(2)21(26)25-20-12-18(22)9-10-19(20)23/h3-14,24H,1-2H3,(H,25,26)/t13-,14+/m0/s1. The fourth-order valence-corrected chi connectivity index (χ4v) is 2.86. The fourth-order valence-electron chi connectivity index (χ4n) is 2.86. The predicted octanol–water partition coefficient (Wildman–Crippen LogP) is 4.80. The zero-order chi connectivity index (χ0) is 18.7. The summed E-state index contributed by atoms with van der Waals surface area (Å²) in [4.78, 5) is 12.3. The number of carbonyl (C=O) groups is 1. The van der Waals surface area contributed by atoms with Crippen molar-refractivity contribution < 1.29 is 13.6 Å². The first kappa shape index (κ1) is 18.0. The molecule has 3 aromatic carbocycles. The Morgan fingerprint density at radius 1 is 0.923 bits per heavy atom. The first-order valence-electron chi connectivity index (χ1n) is 8.44. The molecular formula is C21H20F2N2O. The van der Waals surface area contributed by atoms with Gasteiger partial charge in [0, 0.05) is 12.1 Å². The van der Waals surface area contributed by atoms with E-state index in [-0.39, 0.29) is 11.7 Å². The third kappa shape index (κ3) is 4.06. The lowest BCUT2D eigenvalue weighted by Gasteiger charge is -2.20. The van der Waals surface area contributed by atoms with E-state index in [1.807, 2.05) is 43.3 Å². The molecule has 0 aliphatic heterocycles. The van der Waals surface area contributed by atoms with Gasteiger partial charge in [-0.1, -0.05) is 36.4 Å². The first-order chi connectivity index (χ1) is 12.4. The van der Waals surface area contributed by atoms with Crippen LogP contribution in [0.3, 0.4) is 0 Å². The van der Waals surface area contributed by atoms with Crippen LogP contribution in [-0.2, 0) is 4.79 Å². The Hall–Kier alpha value is -2.79. The summed E-state index contributed by atoms with van der Waals surface area (Å²) in [6, 6.07) is 16.5. The Balaban J connectivity index is 1.68. The molecule has 5 heteroatoms. The van der Waals surface area contributed by atoms with Gasteiger partial charge in [-0.3, -0.25) is 10.1 Å². The summed E-state index contributed by atoms with van der Waals surface area (Å²) in [6.45, 7) is 3.64. The Labute approximate surface area is 151 Å². The van der Waals surface area contributed by atoms with Crippen molar-refractivity contribution in [1.29, 1.82) is 0 Å². The van der Waals surface area contributed by atoms with E-state index in [0.29, 0.717) is 0 Å². The van der Waals surface area contributed by atoms with Crippen molar-refractivity contribution in [1.82, 2.24) is 5.32 Å². The lowest BCUT2D eigenvalue weighted by Crippen LogP contribution is -2.39. The van der Waals surface area contributed by atoms with Gasteiger partial charge >= 0.3 is 0 Å². The van der Waals surface area contributed by atoms with Gasteiger partial charge in [0.25, 0.3) is 0 Å². The molecule has 0 fully saturated rings. The van der Waals surface area contributed by atoms with E-state index in [1.165, 1.54) is 0 Å². The zero-order valence-electron chi connectivity index (χ0n) is 14.6. The van der Waals surface area contributed by atoms with Gasteiger partial charge in [-0.05, 0) is 48.4 Å². The smallest absolute Gasteiger partial charge is 0.241 e. The molecule has 1 amide bonds. The number of hydrogen-bond acceptors (Lipinski definition) is 2. The summed E-state index contributed by atoms with van der Waals surface area (Å²) in [5.41, 5.74) is 0.877. The molecule has 0 aromatic heterocycles. The van der Waals surface area contributed by atoms with Crippen LogP contribution in [0.5, 0.6) is 0 Å². The SMILES string of the molecule is C[C@H](N[C@H](C)C(=O)Nc1cc(F)ccc1F)c1ccc2ccccc2c1. The highest BCUT2D eigenvalue weighted by Gasteiger charge is 2.18. The van der Waals surface area contributed by atoms with E-state index in [9.17, 15) is 13.6 Å². The van der Waals surface area contributed by atoms with Crippen molar-refractivity contribution in [3.8, 4) is 0 Å². The number of anilines is 1. The highest BCUT2D eigenvalue weighted by molar-refractivity contribution is 5.94. The van der Waals surface area contributed by atoms with Crippen molar-refractivity contribution in [2.24, 2.45) is 0 Å². The third-order valence-electron chi connectivity index (χ3n) is 4.35. The van der Waals surface area contributed by atoms with Crippen LogP contribution in [0.1, 0.15) is 25.5 Å². The lowest BCUT2D eigenvalue weighted by molar-refractivity contribution is -0.118. The predicted molar refractivity (Wildman–Crippen MR) is 99.9 cm³/mol. The second-order valence-corrected chi connectivity index (χ2v) is 6.33. The quantitative estimate of drug-likeness (QED) is 0.691. The summed E-state index contributed by atoms with van der Waals surface area (Å²) in [5.74, 6) is -1.71. The molecule has 3 rings (SSSR count). The second-order valence-electron chi connectivity index (χ2n) is 6.33. The Bertz CT molecular complexity index is 942. The highest BCUT2D eigenvalue weighted by atomic mass is 19.1. The summed E-state index contributed by atoms with van der Waals surface area (Å²) >= 11 is 0. The maximum Gasteiger partial charge on any atom is 0.241 e. The molecule has 0 heterocycles. The van der Waals surface area contributed by atoms with Crippen LogP contribution in [0.2, 0.25) is 0 Å². The molecule has 3 nitrogen and oxygen atoms in total. The molecule has 26 heavy (non-hydrogen) atoms. The number of benzene rings is 3. The van der Waals surface area contributed by atoms with Gasteiger partial charge in [0.15, 0.2) is 0 Å². The van der Waals surface area contributed by atoms with Crippen LogP contribution in [-0.4, -0.2) is 11.9 Å². The van der Waals surface area contributed by atoms with Gasteiger partial charge in [0.05, 0.1) is 11.7 Å². The average Bonchev–Trinajstić information content (AvgIpc) is 2.64. The average molecular weight is 354 g/mol. The fraction of sp³-hybridized carbons (Fsp3) is 0.190. The number of hydrogen-bond donors (Lipinski definition) is 2. The maximum atomic E-state index is 13.7. The molecule has 0 aliphatic carbocycles. The minimum Gasteiger partial charge on any atom is -0.322 e. The molecule has 0 saturated carbocycles.